The molecule has 9 nitrogen and oxygen atoms in total. The lowest BCUT2D eigenvalue weighted by Gasteiger charge is -2.34. The van der Waals surface area contributed by atoms with E-state index in [1.807, 2.05) is 4.90 Å². The number of carbonyl (C=O) groups excluding carboxylic acids is 1. The molecule has 158 valence electrons. The summed E-state index contributed by atoms with van der Waals surface area (Å²) < 4.78 is 32.6. The second-order valence-corrected chi connectivity index (χ2v) is 7.72. The molecule has 1 aromatic carbocycles. The van der Waals surface area contributed by atoms with Gasteiger partial charge >= 0.3 is 5.88 Å². The van der Waals surface area contributed by atoms with Crippen LogP contribution in [-0.4, -0.2) is 60.0 Å². The average molecular weight is 437 g/mol. The van der Waals surface area contributed by atoms with Crippen LogP contribution < -0.4 is 10.2 Å². The summed E-state index contributed by atoms with van der Waals surface area (Å²) in [7, 11) is 0. The Morgan fingerprint density at radius 1 is 1.27 bits per heavy atom. The molecular formula is C18H17F2N5O4S. The Hall–Kier alpha value is -3.12. The summed E-state index contributed by atoms with van der Waals surface area (Å²) in [6, 6.07) is 4.51. The van der Waals surface area contributed by atoms with Crippen LogP contribution >= 0.6 is 11.3 Å². The number of hydrogen-bond donors (Lipinski definition) is 1. The zero-order chi connectivity index (χ0) is 21.3. The Morgan fingerprint density at radius 3 is 2.73 bits per heavy atom. The monoisotopic (exact) mass is 437 g/mol. The molecule has 0 radical (unpaired) electrons. The van der Waals surface area contributed by atoms with Crippen molar-refractivity contribution in [2.75, 3.05) is 44.2 Å². The van der Waals surface area contributed by atoms with E-state index in [0.29, 0.717) is 36.0 Å². The molecule has 3 heterocycles. The molecular weight excluding hydrogens is 420 g/mol. The maximum atomic E-state index is 13.9. The standard InChI is InChI=1S/C18H17F2N5O4S/c19-11-9-12(20)16-14(10-11)30-18(22-16)24-7-5-23(6-8-24)4-3-21-17(26)13-1-2-15(29-13)25(27)28/h1-2,9-10H,3-8H2,(H,21,26). The van der Waals surface area contributed by atoms with Crippen molar-refractivity contribution in [2.45, 2.75) is 0 Å². The van der Waals surface area contributed by atoms with Crippen molar-refractivity contribution in [3.63, 3.8) is 0 Å². The molecule has 30 heavy (non-hydrogen) atoms. The summed E-state index contributed by atoms with van der Waals surface area (Å²) in [4.78, 5) is 30.4. The minimum absolute atomic E-state index is 0.106. The highest BCUT2D eigenvalue weighted by atomic mass is 32.1. The van der Waals surface area contributed by atoms with Crippen LogP contribution in [-0.2, 0) is 0 Å². The maximum absolute atomic E-state index is 13.9. The van der Waals surface area contributed by atoms with Crippen molar-refractivity contribution in [2.24, 2.45) is 0 Å². The zero-order valence-electron chi connectivity index (χ0n) is 15.6. The van der Waals surface area contributed by atoms with Gasteiger partial charge in [0, 0.05) is 45.3 Å². The number of halogens is 2. The summed E-state index contributed by atoms with van der Waals surface area (Å²) >= 11 is 1.26. The molecule has 12 heteroatoms. The lowest BCUT2D eigenvalue weighted by Crippen LogP contribution is -2.48. The van der Waals surface area contributed by atoms with Gasteiger partial charge in [0.15, 0.2) is 16.7 Å². The summed E-state index contributed by atoms with van der Waals surface area (Å²) in [5.74, 6) is -2.37. The van der Waals surface area contributed by atoms with E-state index in [0.717, 1.165) is 25.2 Å². The third-order valence-corrected chi connectivity index (χ3v) is 5.82. The Morgan fingerprint density at radius 2 is 2.03 bits per heavy atom. The van der Waals surface area contributed by atoms with Gasteiger partial charge in [0.1, 0.15) is 16.3 Å². The van der Waals surface area contributed by atoms with Crippen molar-refractivity contribution in [1.29, 1.82) is 0 Å². The van der Waals surface area contributed by atoms with Gasteiger partial charge in [0.05, 0.1) is 10.8 Å². The minimum Gasteiger partial charge on any atom is -0.395 e. The van der Waals surface area contributed by atoms with Crippen LogP contribution in [0.4, 0.5) is 19.8 Å². The molecule has 0 unspecified atom stereocenters. The first-order valence-electron chi connectivity index (χ1n) is 9.16. The molecule has 1 fully saturated rings. The number of furan rings is 1. The van der Waals surface area contributed by atoms with Crippen LogP contribution in [0, 0.1) is 21.7 Å². The number of nitrogens with zero attached hydrogens (tertiary/aromatic N) is 4. The molecule has 1 saturated heterocycles. The van der Waals surface area contributed by atoms with Crippen LogP contribution in [0.25, 0.3) is 10.2 Å². The van der Waals surface area contributed by atoms with Gasteiger partial charge in [-0.2, -0.15) is 0 Å². The van der Waals surface area contributed by atoms with Gasteiger partial charge in [-0.3, -0.25) is 19.8 Å². The number of benzene rings is 1. The average Bonchev–Trinajstić information content (AvgIpc) is 3.36. The Labute approximate surface area is 173 Å². The smallest absolute Gasteiger partial charge is 0.395 e. The van der Waals surface area contributed by atoms with Gasteiger partial charge in [0.25, 0.3) is 5.91 Å². The fraction of sp³-hybridized carbons (Fsp3) is 0.333. The number of amides is 1. The molecule has 1 aliphatic heterocycles. The summed E-state index contributed by atoms with van der Waals surface area (Å²) in [6.45, 7) is 3.73. The van der Waals surface area contributed by atoms with Crippen LogP contribution in [0.3, 0.4) is 0 Å². The van der Waals surface area contributed by atoms with Crippen molar-refractivity contribution in [3.8, 4) is 0 Å². The zero-order valence-corrected chi connectivity index (χ0v) is 16.5. The largest absolute Gasteiger partial charge is 0.433 e. The molecule has 1 N–H and O–H groups in total. The molecule has 0 aliphatic carbocycles. The minimum atomic E-state index is -0.702. The molecule has 3 aromatic rings. The van der Waals surface area contributed by atoms with Crippen molar-refractivity contribution in [1.82, 2.24) is 15.2 Å². The molecule has 0 bridgehead atoms. The predicted octanol–water partition coefficient (Wildman–Crippen LogP) is 2.63. The van der Waals surface area contributed by atoms with Gasteiger partial charge in [-0.25, -0.2) is 13.8 Å². The normalized spacial score (nSPS) is 14.9. The number of nitrogens with one attached hydrogen (secondary N) is 1. The fourth-order valence-corrected chi connectivity index (χ4v) is 4.26. The topological polar surface area (TPSA) is 105 Å². The van der Waals surface area contributed by atoms with E-state index in [-0.39, 0.29) is 11.3 Å². The number of rotatable bonds is 6. The van der Waals surface area contributed by atoms with Crippen LogP contribution in [0.2, 0.25) is 0 Å². The molecule has 2 aromatic heterocycles. The number of fused-ring (bicyclic) bond motifs is 1. The second kappa shape index (κ2) is 8.32. The number of nitro groups is 1. The Balaban J connectivity index is 1.26. The molecule has 1 amide bonds. The summed E-state index contributed by atoms with van der Waals surface area (Å²) in [5, 5.41) is 13.9. The van der Waals surface area contributed by atoms with E-state index in [1.165, 1.54) is 23.5 Å². The van der Waals surface area contributed by atoms with Gasteiger partial charge in [-0.1, -0.05) is 11.3 Å². The maximum Gasteiger partial charge on any atom is 0.433 e. The van der Waals surface area contributed by atoms with Crippen molar-refractivity contribution < 1.29 is 22.9 Å². The Bertz CT molecular complexity index is 1090. The van der Waals surface area contributed by atoms with Gasteiger partial charge < -0.3 is 14.6 Å². The molecule has 1 aliphatic rings. The van der Waals surface area contributed by atoms with Gasteiger partial charge in [0.2, 0.25) is 0 Å². The van der Waals surface area contributed by atoms with Crippen LogP contribution in [0.15, 0.2) is 28.7 Å². The number of piperazine rings is 1. The van der Waals surface area contributed by atoms with Crippen molar-refractivity contribution >= 4 is 38.5 Å². The highest BCUT2D eigenvalue weighted by Crippen LogP contribution is 2.31. The lowest BCUT2D eigenvalue weighted by atomic mass is 10.3. The number of carbonyl (C=O) groups is 1. The van der Waals surface area contributed by atoms with E-state index in [4.69, 9.17) is 4.42 Å². The lowest BCUT2D eigenvalue weighted by molar-refractivity contribution is -0.402. The van der Waals surface area contributed by atoms with Gasteiger partial charge in [-0.05, 0) is 12.1 Å². The Kier molecular flexibility index (Phi) is 5.59. The predicted molar refractivity (Wildman–Crippen MR) is 106 cm³/mol. The number of thiazole rings is 1. The quantitative estimate of drug-likeness (QED) is 0.467. The van der Waals surface area contributed by atoms with E-state index in [2.05, 4.69) is 15.2 Å². The van der Waals surface area contributed by atoms with Crippen LogP contribution in [0.1, 0.15) is 10.6 Å². The van der Waals surface area contributed by atoms with Crippen molar-refractivity contribution in [3.05, 3.63) is 51.8 Å². The molecule has 0 spiro atoms. The summed E-state index contributed by atoms with van der Waals surface area (Å²) in [6.07, 6.45) is 0. The van der Waals surface area contributed by atoms with E-state index >= 15 is 0 Å². The van der Waals surface area contributed by atoms with Gasteiger partial charge in [-0.15, -0.1) is 0 Å². The molecule has 0 saturated carbocycles. The summed E-state index contributed by atoms with van der Waals surface area (Å²) in [5.41, 5.74) is 0.180. The number of anilines is 1. The van der Waals surface area contributed by atoms with Crippen LogP contribution in [0.5, 0.6) is 0 Å². The van der Waals surface area contributed by atoms with E-state index in [1.54, 1.807) is 0 Å². The third-order valence-electron chi connectivity index (χ3n) is 4.75. The fourth-order valence-electron chi connectivity index (χ4n) is 3.21. The van der Waals surface area contributed by atoms with E-state index in [9.17, 15) is 23.7 Å². The third kappa shape index (κ3) is 4.24. The van der Waals surface area contributed by atoms with E-state index < -0.39 is 28.3 Å². The first kappa shape index (κ1) is 20.2. The first-order valence-corrected chi connectivity index (χ1v) is 9.97. The molecule has 0 atom stereocenters. The highest BCUT2D eigenvalue weighted by molar-refractivity contribution is 7.22. The first-order chi connectivity index (χ1) is 14.4. The second-order valence-electron chi connectivity index (χ2n) is 6.71. The number of hydrogen-bond acceptors (Lipinski definition) is 8. The number of aromatic nitrogens is 1. The SMILES string of the molecule is O=C(NCCN1CCN(c2nc3c(F)cc(F)cc3s2)CC1)c1ccc([N+](=O)[O-])o1. The molecule has 4 rings (SSSR count). The highest BCUT2D eigenvalue weighted by Gasteiger charge is 2.22.